The van der Waals surface area contributed by atoms with Crippen molar-refractivity contribution in [1.82, 2.24) is 15.1 Å². The van der Waals surface area contributed by atoms with Gasteiger partial charge < -0.3 is 10.1 Å². The lowest BCUT2D eigenvalue weighted by Gasteiger charge is -2.09. The van der Waals surface area contributed by atoms with Crippen molar-refractivity contribution in [2.24, 2.45) is 5.92 Å². The van der Waals surface area contributed by atoms with Crippen LogP contribution < -0.4 is 5.32 Å². The number of halogens is 1. The molecular weight excluding hydrogens is 262 g/mol. The Morgan fingerprint density at radius 1 is 1.37 bits per heavy atom. The number of aromatic nitrogens is 2. The molecule has 0 saturated heterocycles. The second-order valence-electron chi connectivity index (χ2n) is 5.02. The van der Waals surface area contributed by atoms with E-state index in [-0.39, 0.29) is 0 Å². The van der Waals surface area contributed by atoms with Gasteiger partial charge in [-0.3, -0.25) is 4.68 Å². The van der Waals surface area contributed by atoms with Gasteiger partial charge in [0.2, 0.25) is 0 Å². The summed E-state index contributed by atoms with van der Waals surface area (Å²) in [6.07, 6.45) is 0.871. The molecule has 19 heavy (non-hydrogen) atoms. The van der Waals surface area contributed by atoms with E-state index < -0.39 is 0 Å². The quantitative estimate of drug-likeness (QED) is 0.710. The van der Waals surface area contributed by atoms with Gasteiger partial charge in [0.1, 0.15) is 0 Å². The van der Waals surface area contributed by atoms with E-state index in [2.05, 4.69) is 38.1 Å². The van der Waals surface area contributed by atoms with Crippen molar-refractivity contribution in [1.29, 1.82) is 0 Å². The first-order chi connectivity index (χ1) is 9.10. The number of nitrogens with zero attached hydrogens (tertiary/aromatic N) is 2. The molecule has 4 nitrogen and oxygen atoms in total. The average Bonchev–Trinajstić information content (AvgIpc) is 2.69. The number of nitrogens with one attached hydrogen (secondary N) is 1. The fraction of sp³-hybridized carbons (Fsp3) is 0.786. The zero-order chi connectivity index (χ0) is 14.3. The van der Waals surface area contributed by atoms with Gasteiger partial charge in [0, 0.05) is 26.2 Å². The average molecular weight is 288 g/mol. The van der Waals surface area contributed by atoms with Gasteiger partial charge in [-0.2, -0.15) is 5.10 Å². The first-order valence-corrected chi connectivity index (χ1v) is 7.50. The van der Waals surface area contributed by atoms with Crippen molar-refractivity contribution in [2.45, 2.75) is 47.2 Å². The van der Waals surface area contributed by atoms with Gasteiger partial charge in [-0.25, -0.2) is 0 Å². The third-order valence-corrected chi connectivity index (χ3v) is 3.30. The van der Waals surface area contributed by atoms with Crippen molar-refractivity contribution < 1.29 is 4.74 Å². The van der Waals surface area contributed by atoms with E-state index in [4.69, 9.17) is 16.3 Å². The van der Waals surface area contributed by atoms with Crippen LogP contribution in [0.3, 0.4) is 0 Å². The Morgan fingerprint density at radius 3 is 2.68 bits per heavy atom. The fourth-order valence-electron chi connectivity index (χ4n) is 1.86. The second kappa shape index (κ2) is 8.56. The van der Waals surface area contributed by atoms with E-state index >= 15 is 0 Å². The Hall–Kier alpha value is -0.580. The molecule has 0 saturated carbocycles. The van der Waals surface area contributed by atoms with Crippen molar-refractivity contribution in [2.75, 3.05) is 19.8 Å². The zero-order valence-electron chi connectivity index (χ0n) is 12.5. The molecule has 110 valence electrons. The lowest BCUT2D eigenvalue weighted by molar-refractivity contribution is 0.111. The van der Waals surface area contributed by atoms with E-state index in [1.165, 1.54) is 0 Å². The number of hydrogen-bond donors (Lipinski definition) is 1. The largest absolute Gasteiger partial charge is 0.380 e. The molecule has 0 fully saturated rings. The summed E-state index contributed by atoms with van der Waals surface area (Å²) in [6, 6.07) is 0. The summed E-state index contributed by atoms with van der Waals surface area (Å²) < 4.78 is 7.50. The molecule has 5 heteroatoms. The molecule has 1 N–H and O–H groups in total. The fourth-order valence-corrected chi connectivity index (χ4v) is 2.19. The first-order valence-electron chi connectivity index (χ1n) is 7.12. The molecule has 0 aliphatic heterocycles. The number of hydrogen-bond acceptors (Lipinski definition) is 3. The van der Waals surface area contributed by atoms with Crippen LogP contribution in [0.5, 0.6) is 0 Å². The van der Waals surface area contributed by atoms with Gasteiger partial charge in [0.05, 0.1) is 23.0 Å². The van der Waals surface area contributed by atoms with Gasteiger partial charge in [-0.05, 0) is 19.3 Å². The van der Waals surface area contributed by atoms with Crippen molar-refractivity contribution in [3.63, 3.8) is 0 Å². The van der Waals surface area contributed by atoms with E-state index in [9.17, 15) is 0 Å². The standard InChI is InChI=1S/C14H26ClN3O/c1-5-12-14(15)13(18(6-2)17-12)9-16-7-8-19-10-11(3)4/h11,16H,5-10H2,1-4H3. The number of aryl methyl sites for hydroxylation is 2. The topological polar surface area (TPSA) is 39.1 Å². The number of rotatable bonds is 9. The molecule has 0 bridgehead atoms. The summed E-state index contributed by atoms with van der Waals surface area (Å²) in [5.74, 6) is 0.586. The maximum Gasteiger partial charge on any atom is 0.0863 e. The van der Waals surface area contributed by atoms with Crippen LogP contribution in [-0.2, 0) is 24.2 Å². The van der Waals surface area contributed by atoms with Crippen LogP contribution in [0.25, 0.3) is 0 Å². The molecule has 0 aliphatic rings. The zero-order valence-corrected chi connectivity index (χ0v) is 13.3. The molecule has 0 atom stereocenters. The summed E-state index contributed by atoms with van der Waals surface area (Å²) in [4.78, 5) is 0. The van der Waals surface area contributed by atoms with E-state index in [1.807, 2.05) is 4.68 Å². The van der Waals surface area contributed by atoms with E-state index in [1.54, 1.807) is 0 Å². The monoisotopic (exact) mass is 287 g/mol. The predicted octanol–water partition coefficient (Wildman–Crippen LogP) is 2.88. The molecule has 1 aromatic heterocycles. The van der Waals surface area contributed by atoms with Gasteiger partial charge >= 0.3 is 0 Å². The van der Waals surface area contributed by atoms with Crippen LogP contribution in [0, 0.1) is 5.92 Å². The Morgan fingerprint density at radius 2 is 2.11 bits per heavy atom. The van der Waals surface area contributed by atoms with Gasteiger partial charge in [-0.1, -0.05) is 32.4 Å². The summed E-state index contributed by atoms with van der Waals surface area (Å²) >= 11 is 6.34. The molecule has 1 aromatic rings. The summed E-state index contributed by atoms with van der Waals surface area (Å²) in [5, 5.41) is 8.66. The molecule has 0 aliphatic carbocycles. The third-order valence-electron chi connectivity index (χ3n) is 2.86. The predicted molar refractivity (Wildman–Crippen MR) is 79.7 cm³/mol. The van der Waals surface area contributed by atoms with E-state index in [0.29, 0.717) is 5.92 Å². The van der Waals surface area contributed by atoms with Gasteiger partial charge in [0.15, 0.2) is 0 Å². The molecule has 0 aromatic carbocycles. The Bertz CT molecular complexity index is 377. The highest BCUT2D eigenvalue weighted by Crippen LogP contribution is 2.21. The summed E-state index contributed by atoms with van der Waals surface area (Å²) in [7, 11) is 0. The highest BCUT2D eigenvalue weighted by atomic mass is 35.5. The second-order valence-corrected chi connectivity index (χ2v) is 5.40. The summed E-state index contributed by atoms with van der Waals surface area (Å²) in [6.45, 7) is 12.4. The lowest BCUT2D eigenvalue weighted by atomic mass is 10.2. The minimum atomic E-state index is 0.586. The summed E-state index contributed by atoms with van der Waals surface area (Å²) in [5.41, 5.74) is 2.06. The van der Waals surface area contributed by atoms with Gasteiger partial charge in [0.25, 0.3) is 0 Å². The molecule has 1 heterocycles. The molecule has 1 rings (SSSR count). The minimum Gasteiger partial charge on any atom is -0.380 e. The van der Waals surface area contributed by atoms with Crippen molar-refractivity contribution in [3.05, 3.63) is 16.4 Å². The normalized spacial score (nSPS) is 11.5. The maximum atomic E-state index is 6.34. The van der Waals surface area contributed by atoms with Crippen LogP contribution in [-0.4, -0.2) is 29.5 Å². The molecule has 0 spiro atoms. The molecule has 0 unspecified atom stereocenters. The van der Waals surface area contributed by atoms with Crippen LogP contribution >= 0.6 is 11.6 Å². The van der Waals surface area contributed by atoms with Crippen LogP contribution in [0.15, 0.2) is 0 Å². The van der Waals surface area contributed by atoms with Crippen LogP contribution in [0.2, 0.25) is 5.02 Å². The molecule has 0 radical (unpaired) electrons. The highest BCUT2D eigenvalue weighted by Gasteiger charge is 2.13. The van der Waals surface area contributed by atoms with Crippen LogP contribution in [0.4, 0.5) is 0 Å². The van der Waals surface area contributed by atoms with Crippen molar-refractivity contribution in [3.8, 4) is 0 Å². The SMILES string of the molecule is CCc1nn(CC)c(CNCCOCC(C)C)c1Cl. The van der Waals surface area contributed by atoms with Crippen LogP contribution in [0.1, 0.15) is 39.1 Å². The minimum absolute atomic E-state index is 0.586. The molecule has 0 amide bonds. The maximum absolute atomic E-state index is 6.34. The Kier molecular flexibility index (Phi) is 7.42. The molecular formula is C14H26ClN3O. The van der Waals surface area contributed by atoms with E-state index in [0.717, 1.165) is 55.7 Å². The number of ether oxygens (including phenoxy) is 1. The first kappa shape index (κ1) is 16.5. The Labute approximate surface area is 121 Å². The lowest BCUT2D eigenvalue weighted by Crippen LogP contribution is -2.22. The third kappa shape index (κ3) is 5.13. The van der Waals surface area contributed by atoms with Gasteiger partial charge in [-0.15, -0.1) is 0 Å². The smallest absolute Gasteiger partial charge is 0.0863 e. The Balaban J connectivity index is 2.38. The highest BCUT2D eigenvalue weighted by molar-refractivity contribution is 6.31. The van der Waals surface area contributed by atoms with Crippen molar-refractivity contribution >= 4 is 11.6 Å².